The lowest BCUT2D eigenvalue weighted by Gasteiger charge is -2.04. The maximum Gasteiger partial charge on any atom is 0.335 e. The fourth-order valence-electron chi connectivity index (χ4n) is 1.46. The van der Waals surface area contributed by atoms with Gasteiger partial charge in [-0.3, -0.25) is 0 Å². The maximum atomic E-state index is 13.1. The zero-order chi connectivity index (χ0) is 11.5. The van der Waals surface area contributed by atoms with Gasteiger partial charge in [0.25, 0.3) is 0 Å². The van der Waals surface area contributed by atoms with Gasteiger partial charge in [-0.1, -0.05) is 0 Å². The molecule has 0 bridgehead atoms. The highest BCUT2D eigenvalue weighted by Crippen LogP contribution is 2.10. The predicted molar refractivity (Wildman–Crippen MR) is 54.7 cm³/mol. The van der Waals surface area contributed by atoms with Crippen molar-refractivity contribution in [3.8, 4) is 0 Å². The van der Waals surface area contributed by atoms with Crippen molar-refractivity contribution >= 4 is 5.97 Å². The summed E-state index contributed by atoms with van der Waals surface area (Å²) in [5, 5.41) is 8.77. The summed E-state index contributed by atoms with van der Waals surface area (Å²) in [5.74, 6) is -1.68. The lowest BCUT2D eigenvalue weighted by molar-refractivity contribution is 0.0696. The second-order valence-corrected chi connectivity index (χ2v) is 3.39. The Bertz CT molecular complexity index is 509. The molecule has 0 unspecified atom stereocenters. The number of hydrogen-bond acceptors (Lipinski definition) is 2. The van der Waals surface area contributed by atoms with Crippen molar-refractivity contribution in [3.63, 3.8) is 0 Å². The van der Waals surface area contributed by atoms with Crippen LogP contribution in [0.15, 0.2) is 36.9 Å². The standard InChI is InChI=1S/C11H9FN2O2/c12-10-4-8(3-9(5-10)11(15)16)6-14-2-1-13-7-14/h1-5,7H,6H2,(H,15,16). The summed E-state index contributed by atoms with van der Waals surface area (Å²) < 4.78 is 14.9. The molecular formula is C11H9FN2O2. The Morgan fingerprint density at radius 3 is 2.88 bits per heavy atom. The van der Waals surface area contributed by atoms with Crippen LogP contribution in [-0.4, -0.2) is 20.6 Å². The van der Waals surface area contributed by atoms with E-state index in [4.69, 9.17) is 5.11 Å². The molecule has 0 aliphatic rings. The molecule has 0 aliphatic carbocycles. The van der Waals surface area contributed by atoms with Crippen LogP contribution >= 0.6 is 0 Å². The van der Waals surface area contributed by atoms with Crippen LogP contribution < -0.4 is 0 Å². The van der Waals surface area contributed by atoms with Gasteiger partial charge in [0.1, 0.15) is 5.82 Å². The average Bonchev–Trinajstić information content (AvgIpc) is 2.69. The molecule has 0 radical (unpaired) electrons. The van der Waals surface area contributed by atoms with E-state index in [2.05, 4.69) is 4.98 Å². The normalized spacial score (nSPS) is 10.3. The largest absolute Gasteiger partial charge is 0.478 e. The summed E-state index contributed by atoms with van der Waals surface area (Å²) in [6.45, 7) is 0.401. The number of halogens is 1. The SMILES string of the molecule is O=C(O)c1cc(F)cc(Cn2ccnc2)c1. The fourth-order valence-corrected chi connectivity index (χ4v) is 1.46. The lowest BCUT2D eigenvalue weighted by atomic mass is 10.1. The van der Waals surface area contributed by atoms with Crippen LogP contribution in [0.25, 0.3) is 0 Å². The highest BCUT2D eigenvalue weighted by Gasteiger charge is 2.07. The van der Waals surface area contributed by atoms with Gasteiger partial charge < -0.3 is 9.67 Å². The van der Waals surface area contributed by atoms with Crippen molar-refractivity contribution < 1.29 is 14.3 Å². The summed E-state index contributed by atoms with van der Waals surface area (Å²) in [6, 6.07) is 3.76. The maximum absolute atomic E-state index is 13.1. The average molecular weight is 220 g/mol. The van der Waals surface area contributed by atoms with Crippen molar-refractivity contribution in [2.45, 2.75) is 6.54 Å². The first kappa shape index (κ1) is 10.4. The molecular weight excluding hydrogens is 211 g/mol. The van der Waals surface area contributed by atoms with Gasteiger partial charge in [0.2, 0.25) is 0 Å². The summed E-state index contributed by atoms with van der Waals surface area (Å²) in [4.78, 5) is 14.6. The van der Waals surface area contributed by atoms with Crippen LogP contribution in [0, 0.1) is 5.82 Å². The van der Waals surface area contributed by atoms with E-state index in [-0.39, 0.29) is 5.56 Å². The molecule has 4 nitrogen and oxygen atoms in total. The molecule has 0 fully saturated rings. The number of carboxylic acid groups (broad SMARTS) is 1. The first-order valence-electron chi connectivity index (χ1n) is 4.63. The molecule has 5 heteroatoms. The minimum atomic E-state index is -1.13. The molecule has 16 heavy (non-hydrogen) atoms. The minimum Gasteiger partial charge on any atom is -0.478 e. The van der Waals surface area contributed by atoms with Gasteiger partial charge in [0.15, 0.2) is 0 Å². The van der Waals surface area contributed by atoms with Gasteiger partial charge in [-0.25, -0.2) is 14.2 Å². The Hall–Kier alpha value is -2.17. The lowest BCUT2D eigenvalue weighted by Crippen LogP contribution is -2.02. The van der Waals surface area contributed by atoms with Gasteiger partial charge in [-0.2, -0.15) is 0 Å². The number of benzene rings is 1. The van der Waals surface area contributed by atoms with Crippen LogP contribution in [0.4, 0.5) is 4.39 Å². The van der Waals surface area contributed by atoms with E-state index in [1.54, 1.807) is 23.3 Å². The molecule has 0 aliphatic heterocycles. The summed E-state index contributed by atoms with van der Waals surface area (Å²) >= 11 is 0. The van der Waals surface area contributed by atoms with Gasteiger partial charge >= 0.3 is 5.97 Å². The number of aromatic nitrogens is 2. The van der Waals surface area contributed by atoms with Crippen molar-refractivity contribution in [2.24, 2.45) is 0 Å². The first-order chi connectivity index (χ1) is 7.65. The Balaban J connectivity index is 2.31. The zero-order valence-electron chi connectivity index (χ0n) is 8.30. The van der Waals surface area contributed by atoms with Crippen LogP contribution in [0.5, 0.6) is 0 Å². The quantitative estimate of drug-likeness (QED) is 0.857. The van der Waals surface area contributed by atoms with Crippen LogP contribution in [0.3, 0.4) is 0 Å². The molecule has 1 N–H and O–H groups in total. The molecule has 0 spiro atoms. The van der Waals surface area contributed by atoms with E-state index in [1.807, 2.05) is 0 Å². The number of aromatic carboxylic acids is 1. The van der Waals surface area contributed by atoms with E-state index in [0.29, 0.717) is 12.1 Å². The van der Waals surface area contributed by atoms with Crippen molar-refractivity contribution in [1.29, 1.82) is 0 Å². The molecule has 82 valence electrons. The number of carboxylic acids is 1. The smallest absolute Gasteiger partial charge is 0.335 e. The zero-order valence-corrected chi connectivity index (χ0v) is 8.30. The van der Waals surface area contributed by atoms with Gasteiger partial charge in [-0.15, -0.1) is 0 Å². The second kappa shape index (κ2) is 4.14. The highest BCUT2D eigenvalue weighted by atomic mass is 19.1. The van der Waals surface area contributed by atoms with Crippen molar-refractivity contribution in [1.82, 2.24) is 9.55 Å². The Kier molecular flexibility index (Phi) is 2.68. The molecule has 1 heterocycles. The van der Waals surface area contributed by atoms with E-state index >= 15 is 0 Å². The fraction of sp³-hybridized carbons (Fsp3) is 0.0909. The Labute approximate surface area is 91.0 Å². The summed E-state index contributed by atoms with van der Waals surface area (Å²) in [7, 11) is 0. The summed E-state index contributed by atoms with van der Waals surface area (Å²) in [5.41, 5.74) is 0.547. The Morgan fingerprint density at radius 2 is 2.25 bits per heavy atom. The monoisotopic (exact) mass is 220 g/mol. The van der Waals surface area contributed by atoms with E-state index < -0.39 is 11.8 Å². The molecule has 0 saturated heterocycles. The number of carbonyl (C=O) groups is 1. The first-order valence-corrected chi connectivity index (χ1v) is 4.63. The number of imidazole rings is 1. The number of rotatable bonds is 3. The van der Waals surface area contributed by atoms with E-state index in [9.17, 15) is 9.18 Å². The van der Waals surface area contributed by atoms with E-state index in [1.165, 1.54) is 12.1 Å². The predicted octanol–water partition coefficient (Wildman–Crippen LogP) is 1.77. The molecule has 2 aromatic rings. The van der Waals surface area contributed by atoms with Gasteiger partial charge in [0, 0.05) is 18.9 Å². The topological polar surface area (TPSA) is 55.1 Å². The molecule has 2 rings (SSSR count). The van der Waals surface area contributed by atoms with Crippen molar-refractivity contribution in [2.75, 3.05) is 0 Å². The molecule has 0 saturated carbocycles. The van der Waals surface area contributed by atoms with E-state index in [0.717, 1.165) is 6.07 Å². The minimum absolute atomic E-state index is 0.0462. The summed E-state index contributed by atoms with van der Waals surface area (Å²) in [6.07, 6.45) is 4.92. The van der Waals surface area contributed by atoms with Gasteiger partial charge in [-0.05, 0) is 23.8 Å². The third-order valence-corrected chi connectivity index (χ3v) is 2.13. The number of hydrogen-bond donors (Lipinski definition) is 1. The second-order valence-electron chi connectivity index (χ2n) is 3.39. The van der Waals surface area contributed by atoms with Crippen LogP contribution in [0.1, 0.15) is 15.9 Å². The van der Waals surface area contributed by atoms with Crippen LogP contribution in [0.2, 0.25) is 0 Å². The Morgan fingerprint density at radius 1 is 1.44 bits per heavy atom. The molecule has 1 aromatic heterocycles. The molecule has 0 amide bonds. The highest BCUT2D eigenvalue weighted by molar-refractivity contribution is 5.87. The third-order valence-electron chi connectivity index (χ3n) is 2.13. The van der Waals surface area contributed by atoms with Crippen molar-refractivity contribution in [3.05, 3.63) is 53.9 Å². The third kappa shape index (κ3) is 2.25. The van der Waals surface area contributed by atoms with Gasteiger partial charge in [0.05, 0.1) is 11.9 Å². The number of nitrogens with zero attached hydrogens (tertiary/aromatic N) is 2. The molecule has 0 atom stereocenters. The van der Waals surface area contributed by atoms with Crippen LogP contribution in [-0.2, 0) is 6.54 Å². The molecule has 1 aromatic carbocycles.